The zero-order valence-electron chi connectivity index (χ0n) is 16.0. The summed E-state index contributed by atoms with van der Waals surface area (Å²) in [6, 6.07) is 14.2. The standard InChI is InChI=1S/C22H23FN2O4/c23-17-6-4-5-16(13-17)21(26)25-15-19(29-18-7-2-1-3-8-18)14-20(25)22(27)24-9-11-28-12-10-24/h1-8,13,19-20H,9-12,14-15H2/t19-,20+/m0/s1. The van der Waals surface area contributed by atoms with Gasteiger partial charge in [-0.15, -0.1) is 0 Å². The van der Waals surface area contributed by atoms with Crippen molar-refractivity contribution in [2.75, 3.05) is 32.8 Å². The molecule has 2 aliphatic heterocycles. The lowest BCUT2D eigenvalue weighted by Gasteiger charge is -2.32. The van der Waals surface area contributed by atoms with Crippen LogP contribution in [0.3, 0.4) is 0 Å². The van der Waals surface area contributed by atoms with Crippen molar-refractivity contribution in [2.24, 2.45) is 0 Å². The van der Waals surface area contributed by atoms with E-state index in [4.69, 9.17) is 9.47 Å². The van der Waals surface area contributed by atoms with Gasteiger partial charge < -0.3 is 19.3 Å². The predicted octanol–water partition coefficient (Wildman–Crippen LogP) is 2.35. The number of benzene rings is 2. The number of nitrogens with zero attached hydrogens (tertiary/aromatic N) is 2. The molecule has 0 N–H and O–H groups in total. The SMILES string of the molecule is O=C([C@H]1C[C@H](Oc2ccccc2)CN1C(=O)c1cccc(F)c1)N1CCOCC1. The minimum Gasteiger partial charge on any atom is -0.488 e. The highest BCUT2D eigenvalue weighted by Gasteiger charge is 2.43. The molecule has 2 fully saturated rings. The molecule has 0 bridgehead atoms. The maximum atomic E-state index is 13.6. The molecule has 2 heterocycles. The fraction of sp³-hybridized carbons (Fsp3) is 0.364. The maximum Gasteiger partial charge on any atom is 0.254 e. The summed E-state index contributed by atoms with van der Waals surface area (Å²) in [5.41, 5.74) is 0.227. The Labute approximate surface area is 168 Å². The molecule has 152 valence electrons. The van der Waals surface area contributed by atoms with Crippen molar-refractivity contribution in [3.05, 3.63) is 66.0 Å². The number of amides is 2. The Hall–Kier alpha value is -2.93. The number of para-hydroxylation sites is 1. The lowest BCUT2D eigenvalue weighted by molar-refractivity contribution is -0.139. The molecule has 6 nitrogen and oxygen atoms in total. The largest absolute Gasteiger partial charge is 0.488 e. The van der Waals surface area contributed by atoms with Crippen LogP contribution in [-0.4, -0.2) is 66.6 Å². The highest BCUT2D eigenvalue weighted by molar-refractivity contribution is 5.98. The fourth-order valence-corrected chi connectivity index (χ4v) is 3.81. The molecular weight excluding hydrogens is 375 g/mol. The van der Waals surface area contributed by atoms with Crippen LogP contribution in [0.25, 0.3) is 0 Å². The molecule has 7 heteroatoms. The molecule has 29 heavy (non-hydrogen) atoms. The molecule has 0 spiro atoms. The van der Waals surface area contributed by atoms with Crippen molar-refractivity contribution in [1.29, 1.82) is 0 Å². The lowest BCUT2D eigenvalue weighted by atomic mass is 10.1. The Morgan fingerprint density at radius 3 is 2.52 bits per heavy atom. The second kappa shape index (κ2) is 8.61. The van der Waals surface area contributed by atoms with E-state index in [1.54, 1.807) is 11.0 Å². The van der Waals surface area contributed by atoms with Gasteiger partial charge in [0.15, 0.2) is 0 Å². The summed E-state index contributed by atoms with van der Waals surface area (Å²) in [6.45, 7) is 2.24. The Balaban J connectivity index is 1.56. The summed E-state index contributed by atoms with van der Waals surface area (Å²) in [7, 11) is 0. The number of morpholine rings is 1. The number of carbonyl (C=O) groups is 2. The van der Waals surface area contributed by atoms with Gasteiger partial charge >= 0.3 is 0 Å². The molecule has 2 aromatic carbocycles. The van der Waals surface area contributed by atoms with Crippen molar-refractivity contribution in [3.8, 4) is 5.75 Å². The zero-order chi connectivity index (χ0) is 20.2. The summed E-state index contributed by atoms with van der Waals surface area (Å²) in [5.74, 6) is -0.272. The van der Waals surface area contributed by atoms with E-state index in [0.717, 1.165) is 0 Å². The summed E-state index contributed by atoms with van der Waals surface area (Å²) in [6.07, 6.45) is 0.0801. The first kappa shape index (κ1) is 19.4. The van der Waals surface area contributed by atoms with Gasteiger partial charge in [-0.25, -0.2) is 4.39 Å². The van der Waals surface area contributed by atoms with E-state index in [0.29, 0.717) is 38.5 Å². The van der Waals surface area contributed by atoms with E-state index < -0.39 is 11.9 Å². The van der Waals surface area contributed by atoms with Crippen LogP contribution in [0.1, 0.15) is 16.8 Å². The minimum atomic E-state index is -0.641. The topological polar surface area (TPSA) is 59.1 Å². The van der Waals surface area contributed by atoms with Crippen LogP contribution >= 0.6 is 0 Å². The van der Waals surface area contributed by atoms with Gasteiger partial charge in [-0.3, -0.25) is 9.59 Å². The molecule has 0 aromatic heterocycles. The monoisotopic (exact) mass is 398 g/mol. The van der Waals surface area contributed by atoms with E-state index in [1.807, 2.05) is 30.3 Å². The third-order valence-electron chi connectivity index (χ3n) is 5.25. The first-order valence-corrected chi connectivity index (χ1v) is 9.76. The second-order valence-corrected chi connectivity index (χ2v) is 7.21. The van der Waals surface area contributed by atoms with Gasteiger partial charge in [-0.2, -0.15) is 0 Å². The number of hydrogen-bond donors (Lipinski definition) is 0. The highest BCUT2D eigenvalue weighted by Crippen LogP contribution is 2.26. The molecule has 4 rings (SSSR count). The van der Waals surface area contributed by atoms with Crippen LogP contribution in [0.5, 0.6) is 5.75 Å². The van der Waals surface area contributed by atoms with Crippen molar-refractivity contribution >= 4 is 11.8 Å². The number of likely N-dealkylation sites (tertiary alicyclic amines) is 1. The summed E-state index contributed by atoms with van der Waals surface area (Å²) in [4.78, 5) is 29.5. The molecule has 0 radical (unpaired) electrons. The third kappa shape index (κ3) is 4.40. The van der Waals surface area contributed by atoms with Gasteiger partial charge in [-0.1, -0.05) is 24.3 Å². The van der Waals surface area contributed by atoms with Gasteiger partial charge in [0.25, 0.3) is 5.91 Å². The summed E-state index contributed by atoms with van der Waals surface area (Å²) >= 11 is 0. The van der Waals surface area contributed by atoms with Crippen LogP contribution in [0, 0.1) is 5.82 Å². The maximum absolute atomic E-state index is 13.6. The van der Waals surface area contributed by atoms with Gasteiger partial charge in [0.1, 0.15) is 23.7 Å². The first-order chi connectivity index (χ1) is 14.1. The lowest BCUT2D eigenvalue weighted by Crippen LogP contribution is -2.51. The van der Waals surface area contributed by atoms with Crippen molar-refractivity contribution in [1.82, 2.24) is 9.80 Å². The van der Waals surface area contributed by atoms with Gasteiger partial charge in [0, 0.05) is 25.1 Å². The van der Waals surface area contributed by atoms with E-state index >= 15 is 0 Å². The van der Waals surface area contributed by atoms with E-state index in [1.165, 1.54) is 23.1 Å². The van der Waals surface area contributed by atoms with Gasteiger partial charge in [0.2, 0.25) is 5.91 Å². The predicted molar refractivity (Wildman–Crippen MR) is 104 cm³/mol. The number of rotatable bonds is 4. The van der Waals surface area contributed by atoms with Crippen LogP contribution in [0.2, 0.25) is 0 Å². The minimum absolute atomic E-state index is 0.114. The quantitative estimate of drug-likeness (QED) is 0.793. The summed E-state index contributed by atoms with van der Waals surface area (Å²) < 4.78 is 25.0. The number of hydrogen-bond acceptors (Lipinski definition) is 4. The third-order valence-corrected chi connectivity index (χ3v) is 5.25. The smallest absolute Gasteiger partial charge is 0.254 e. The van der Waals surface area contributed by atoms with Gasteiger partial charge in [-0.05, 0) is 30.3 Å². The number of carbonyl (C=O) groups excluding carboxylic acids is 2. The normalized spacial score (nSPS) is 21.8. The zero-order valence-corrected chi connectivity index (χ0v) is 16.0. The van der Waals surface area contributed by atoms with Crippen LogP contribution in [0.4, 0.5) is 4.39 Å². The van der Waals surface area contributed by atoms with Gasteiger partial charge in [0.05, 0.1) is 19.8 Å². The van der Waals surface area contributed by atoms with E-state index in [-0.39, 0.29) is 30.0 Å². The summed E-state index contributed by atoms with van der Waals surface area (Å²) in [5, 5.41) is 0. The first-order valence-electron chi connectivity index (χ1n) is 9.76. The Bertz CT molecular complexity index is 870. The Morgan fingerprint density at radius 2 is 1.79 bits per heavy atom. The molecule has 0 saturated carbocycles. The molecule has 2 saturated heterocycles. The number of ether oxygens (including phenoxy) is 2. The highest BCUT2D eigenvalue weighted by atomic mass is 19.1. The Morgan fingerprint density at radius 1 is 1.03 bits per heavy atom. The van der Waals surface area contributed by atoms with Crippen LogP contribution in [0.15, 0.2) is 54.6 Å². The van der Waals surface area contributed by atoms with E-state index in [9.17, 15) is 14.0 Å². The second-order valence-electron chi connectivity index (χ2n) is 7.21. The van der Waals surface area contributed by atoms with Crippen LogP contribution in [-0.2, 0) is 9.53 Å². The fourth-order valence-electron chi connectivity index (χ4n) is 3.81. The molecule has 0 aliphatic carbocycles. The average molecular weight is 398 g/mol. The van der Waals surface area contributed by atoms with Crippen LogP contribution < -0.4 is 4.74 Å². The van der Waals surface area contributed by atoms with Crippen molar-refractivity contribution < 1.29 is 23.5 Å². The molecule has 2 amide bonds. The molecule has 2 atom stereocenters. The molecular formula is C22H23FN2O4. The average Bonchev–Trinajstić information content (AvgIpc) is 3.17. The number of halogens is 1. The van der Waals surface area contributed by atoms with Crippen molar-refractivity contribution in [2.45, 2.75) is 18.6 Å². The van der Waals surface area contributed by atoms with E-state index in [2.05, 4.69) is 0 Å². The Kier molecular flexibility index (Phi) is 5.76. The van der Waals surface area contributed by atoms with Crippen molar-refractivity contribution in [3.63, 3.8) is 0 Å². The molecule has 0 unspecified atom stereocenters. The molecule has 2 aromatic rings. The molecule has 2 aliphatic rings.